The summed E-state index contributed by atoms with van der Waals surface area (Å²) in [5, 5.41) is 13.1. The maximum Gasteiger partial charge on any atom is 0.234 e. The van der Waals surface area contributed by atoms with Crippen molar-refractivity contribution in [1.29, 1.82) is 0 Å². The van der Waals surface area contributed by atoms with Crippen LogP contribution in [0.2, 0.25) is 0 Å². The number of carbonyl (C=O) groups is 1. The number of aliphatic hydroxyl groups excluding tert-OH is 1. The second-order valence-corrected chi connectivity index (χ2v) is 5.76. The molecule has 2 unspecified atom stereocenters. The predicted octanol–water partition coefficient (Wildman–Crippen LogP) is 1.69. The van der Waals surface area contributed by atoms with Gasteiger partial charge in [-0.3, -0.25) is 9.69 Å². The van der Waals surface area contributed by atoms with Gasteiger partial charge in [-0.2, -0.15) is 0 Å². The fourth-order valence-corrected chi connectivity index (χ4v) is 2.78. The van der Waals surface area contributed by atoms with Gasteiger partial charge in [0.15, 0.2) is 0 Å². The molecule has 112 valence electrons. The highest BCUT2D eigenvalue weighted by Gasteiger charge is 2.29. The number of amides is 1. The van der Waals surface area contributed by atoms with Crippen LogP contribution < -0.4 is 5.32 Å². The number of hydrogen-bond donors (Lipinski definition) is 2. The summed E-state index contributed by atoms with van der Waals surface area (Å²) in [5.74, 6) is 0.655. The molecule has 1 saturated heterocycles. The Labute approximate surface area is 119 Å². The van der Waals surface area contributed by atoms with E-state index in [1.807, 2.05) is 13.8 Å². The molecule has 2 rings (SSSR count). The van der Waals surface area contributed by atoms with Crippen molar-refractivity contribution in [3.05, 3.63) is 24.2 Å². The highest BCUT2D eigenvalue weighted by molar-refractivity contribution is 5.78. The number of furan rings is 1. The van der Waals surface area contributed by atoms with E-state index < -0.39 is 6.10 Å². The lowest BCUT2D eigenvalue weighted by Crippen LogP contribution is -2.42. The van der Waals surface area contributed by atoms with Crippen LogP contribution in [0.3, 0.4) is 0 Å². The Morgan fingerprint density at radius 3 is 3.05 bits per heavy atom. The molecule has 5 nitrogen and oxygen atoms in total. The summed E-state index contributed by atoms with van der Waals surface area (Å²) in [7, 11) is 0. The Bertz CT molecular complexity index is 417. The molecule has 0 saturated carbocycles. The van der Waals surface area contributed by atoms with Gasteiger partial charge in [-0.1, -0.05) is 0 Å². The van der Waals surface area contributed by atoms with Gasteiger partial charge in [-0.05, 0) is 51.8 Å². The molecule has 0 aliphatic carbocycles. The quantitative estimate of drug-likeness (QED) is 0.832. The number of aliphatic hydroxyl groups is 1. The molecule has 1 amide bonds. The Morgan fingerprint density at radius 2 is 2.40 bits per heavy atom. The molecule has 1 aliphatic rings. The first-order chi connectivity index (χ1) is 9.56. The van der Waals surface area contributed by atoms with E-state index in [1.165, 1.54) is 0 Å². The molecule has 2 atom stereocenters. The van der Waals surface area contributed by atoms with Crippen LogP contribution in [-0.4, -0.2) is 41.1 Å². The topological polar surface area (TPSA) is 65.7 Å². The molecule has 0 spiro atoms. The van der Waals surface area contributed by atoms with Crippen LogP contribution in [0, 0.1) is 0 Å². The number of rotatable bonds is 6. The van der Waals surface area contributed by atoms with Gasteiger partial charge in [0.05, 0.1) is 12.8 Å². The standard InChI is InChI=1S/C15H24N2O3/c1-11(2)16-15(19)10-17-7-3-5-12(17)9-13(18)14-6-4-8-20-14/h4,6,8,11-13,18H,3,5,7,9-10H2,1-2H3,(H,16,19). The summed E-state index contributed by atoms with van der Waals surface area (Å²) >= 11 is 0. The van der Waals surface area contributed by atoms with Crippen LogP contribution in [0.25, 0.3) is 0 Å². The summed E-state index contributed by atoms with van der Waals surface area (Å²) in [5.41, 5.74) is 0. The first kappa shape index (κ1) is 15.1. The second-order valence-electron chi connectivity index (χ2n) is 5.76. The van der Waals surface area contributed by atoms with Crippen molar-refractivity contribution in [2.75, 3.05) is 13.1 Å². The average molecular weight is 280 g/mol. The van der Waals surface area contributed by atoms with Crippen molar-refractivity contribution < 1.29 is 14.3 Å². The van der Waals surface area contributed by atoms with Crippen molar-refractivity contribution in [2.24, 2.45) is 0 Å². The van der Waals surface area contributed by atoms with Crippen LogP contribution >= 0.6 is 0 Å². The monoisotopic (exact) mass is 280 g/mol. The first-order valence-corrected chi connectivity index (χ1v) is 7.31. The maximum atomic E-state index is 11.8. The molecule has 0 aromatic carbocycles. The third kappa shape index (κ3) is 4.08. The Hall–Kier alpha value is -1.33. The zero-order chi connectivity index (χ0) is 14.5. The molecule has 0 bridgehead atoms. The molecule has 5 heteroatoms. The molecule has 1 fully saturated rings. The lowest BCUT2D eigenvalue weighted by Gasteiger charge is -2.25. The number of hydrogen-bond acceptors (Lipinski definition) is 4. The van der Waals surface area contributed by atoms with E-state index in [9.17, 15) is 9.90 Å². The molecular formula is C15H24N2O3. The van der Waals surface area contributed by atoms with Gasteiger partial charge in [0.25, 0.3) is 0 Å². The molecule has 1 aromatic rings. The van der Waals surface area contributed by atoms with Gasteiger partial charge >= 0.3 is 0 Å². The summed E-state index contributed by atoms with van der Waals surface area (Å²) in [6, 6.07) is 3.97. The van der Waals surface area contributed by atoms with E-state index in [0.717, 1.165) is 19.4 Å². The van der Waals surface area contributed by atoms with E-state index in [4.69, 9.17) is 4.42 Å². The van der Waals surface area contributed by atoms with Crippen LogP contribution in [0.1, 0.15) is 45.0 Å². The SMILES string of the molecule is CC(C)NC(=O)CN1CCCC1CC(O)c1ccco1. The van der Waals surface area contributed by atoms with Gasteiger partial charge in [-0.15, -0.1) is 0 Å². The van der Waals surface area contributed by atoms with Gasteiger partial charge in [0.2, 0.25) is 5.91 Å². The highest BCUT2D eigenvalue weighted by atomic mass is 16.4. The van der Waals surface area contributed by atoms with Gasteiger partial charge < -0.3 is 14.8 Å². The molecule has 2 N–H and O–H groups in total. The predicted molar refractivity (Wildman–Crippen MR) is 76.2 cm³/mol. The Balaban J connectivity index is 1.86. The summed E-state index contributed by atoms with van der Waals surface area (Å²) < 4.78 is 5.23. The minimum atomic E-state index is -0.594. The van der Waals surface area contributed by atoms with Crippen molar-refractivity contribution >= 4 is 5.91 Å². The molecule has 1 aromatic heterocycles. The first-order valence-electron chi connectivity index (χ1n) is 7.31. The van der Waals surface area contributed by atoms with Crippen molar-refractivity contribution in [1.82, 2.24) is 10.2 Å². The van der Waals surface area contributed by atoms with E-state index in [0.29, 0.717) is 18.7 Å². The van der Waals surface area contributed by atoms with Crippen molar-refractivity contribution in [3.63, 3.8) is 0 Å². The fourth-order valence-electron chi connectivity index (χ4n) is 2.78. The van der Waals surface area contributed by atoms with Crippen LogP contribution in [0.4, 0.5) is 0 Å². The number of nitrogens with zero attached hydrogens (tertiary/aromatic N) is 1. The normalized spacial score (nSPS) is 21.3. The van der Waals surface area contributed by atoms with Crippen LogP contribution in [-0.2, 0) is 4.79 Å². The second kappa shape index (κ2) is 6.90. The van der Waals surface area contributed by atoms with Crippen molar-refractivity contribution in [2.45, 2.75) is 51.3 Å². The fraction of sp³-hybridized carbons (Fsp3) is 0.667. The molecule has 0 radical (unpaired) electrons. The van der Waals surface area contributed by atoms with Crippen molar-refractivity contribution in [3.8, 4) is 0 Å². The minimum absolute atomic E-state index is 0.0550. The number of carbonyl (C=O) groups excluding carboxylic acids is 1. The molecule has 20 heavy (non-hydrogen) atoms. The van der Waals surface area contributed by atoms with Gasteiger partial charge in [-0.25, -0.2) is 0 Å². The minimum Gasteiger partial charge on any atom is -0.467 e. The zero-order valence-electron chi connectivity index (χ0n) is 12.2. The third-order valence-corrected chi connectivity index (χ3v) is 3.66. The van der Waals surface area contributed by atoms with Gasteiger partial charge in [0.1, 0.15) is 11.9 Å². The Morgan fingerprint density at radius 1 is 1.60 bits per heavy atom. The van der Waals surface area contributed by atoms with E-state index in [2.05, 4.69) is 10.2 Å². The van der Waals surface area contributed by atoms with E-state index >= 15 is 0 Å². The third-order valence-electron chi connectivity index (χ3n) is 3.66. The number of likely N-dealkylation sites (tertiary alicyclic amines) is 1. The average Bonchev–Trinajstić information content (AvgIpc) is 3.00. The smallest absolute Gasteiger partial charge is 0.234 e. The van der Waals surface area contributed by atoms with Gasteiger partial charge in [0, 0.05) is 12.1 Å². The summed E-state index contributed by atoms with van der Waals surface area (Å²) in [6.07, 6.45) is 3.68. The molecule has 2 heterocycles. The van der Waals surface area contributed by atoms with Crippen LogP contribution in [0.15, 0.2) is 22.8 Å². The van der Waals surface area contributed by atoms with Crippen LogP contribution in [0.5, 0.6) is 0 Å². The highest BCUT2D eigenvalue weighted by Crippen LogP contribution is 2.27. The summed E-state index contributed by atoms with van der Waals surface area (Å²) in [6.45, 7) is 5.24. The lowest BCUT2D eigenvalue weighted by atomic mass is 10.1. The molecular weight excluding hydrogens is 256 g/mol. The number of nitrogens with one attached hydrogen (secondary N) is 1. The lowest BCUT2D eigenvalue weighted by molar-refractivity contribution is -0.123. The molecule has 1 aliphatic heterocycles. The maximum absolute atomic E-state index is 11.8. The summed E-state index contributed by atoms with van der Waals surface area (Å²) in [4.78, 5) is 14.0. The largest absolute Gasteiger partial charge is 0.467 e. The van der Waals surface area contributed by atoms with E-state index in [-0.39, 0.29) is 18.0 Å². The zero-order valence-corrected chi connectivity index (χ0v) is 12.2. The Kier molecular flexibility index (Phi) is 5.20. The van der Waals surface area contributed by atoms with E-state index in [1.54, 1.807) is 18.4 Å².